The molecular weight excluding hydrogens is 692 g/mol. The number of anilines is 1. The molecule has 2 aliphatic rings. The van der Waals surface area contributed by atoms with E-state index in [2.05, 4.69) is 12.4 Å². The van der Waals surface area contributed by atoms with Gasteiger partial charge in [-0.1, -0.05) is 23.7 Å². The van der Waals surface area contributed by atoms with E-state index < -0.39 is 28.1 Å². The van der Waals surface area contributed by atoms with Crippen LogP contribution in [0.15, 0.2) is 83.1 Å². The molecule has 2 aliphatic heterocycles. The number of nitrogens with zero attached hydrogens (tertiary/aromatic N) is 2. The van der Waals surface area contributed by atoms with E-state index in [1.165, 1.54) is 48.5 Å². The van der Waals surface area contributed by atoms with E-state index >= 15 is 0 Å². The summed E-state index contributed by atoms with van der Waals surface area (Å²) in [7, 11) is -1.96. The molecule has 1 unspecified atom stereocenters. The minimum atomic E-state index is -4.09. The molecule has 3 atom stereocenters. The van der Waals surface area contributed by atoms with Crippen molar-refractivity contribution in [2.45, 2.75) is 42.1 Å². The maximum Gasteiger partial charge on any atom is 0.348 e. The van der Waals surface area contributed by atoms with Crippen LogP contribution in [-0.2, 0) is 27.9 Å². The lowest BCUT2D eigenvalue weighted by Gasteiger charge is -2.46. The molecule has 0 bridgehead atoms. The number of nitrogens with one attached hydrogen (secondary N) is 1. The zero-order chi connectivity index (χ0) is 34.8. The molecule has 0 saturated carbocycles. The molecule has 1 saturated heterocycles. The van der Waals surface area contributed by atoms with Crippen LogP contribution in [0.1, 0.15) is 24.0 Å². The first-order valence-electron chi connectivity index (χ1n) is 15.6. The minimum Gasteiger partial charge on any atom is -0.508 e. The van der Waals surface area contributed by atoms with Crippen molar-refractivity contribution in [3.63, 3.8) is 0 Å². The number of likely N-dealkylation sites (tertiary alicyclic amines) is 1. The van der Waals surface area contributed by atoms with Crippen molar-refractivity contribution in [1.29, 1.82) is 0 Å². The van der Waals surface area contributed by atoms with E-state index in [0.29, 0.717) is 45.5 Å². The van der Waals surface area contributed by atoms with Crippen molar-refractivity contribution in [2.24, 2.45) is 5.73 Å². The number of rotatable bonds is 11. The van der Waals surface area contributed by atoms with E-state index in [1.807, 2.05) is 18.2 Å². The summed E-state index contributed by atoms with van der Waals surface area (Å²) < 4.78 is 42.5. The molecule has 4 N–H and O–H groups in total. The highest BCUT2D eigenvalue weighted by Gasteiger charge is 2.41. The number of quaternary nitrogens is 1. The average molecular weight is 728 g/mol. The Balaban J connectivity index is 1.24. The highest BCUT2D eigenvalue weighted by Crippen LogP contribution is 2.35. The summed E-state index contributed by atoms with van der Waals surface area (Å²) in [5.74, 6) is 0.869. The third-order valence-electron chi connectivity index (χ3n) is 8.65. The Labute approximate surface area is 293 Å². The van der Waals surface area contributed by atoms with Crippen LogP contribution in [0.2, 0.25) is 4.34 Å². The number of phenols is 1. The van der Waals surface area contributed by atoms with Gasteiger partial charge in [0.15, 0.2) is 15.7 Å². The standard InChI is InChI=1S/C34H35ClN4O8S2/c1-39(19-23-6-13-29-30(18-23)46-21-45-29)16-2-3-25(20-39)38(28(33(36)41)17-22-4-9-26(40)10-5-22)34(42)37-24-7-11-27(12-8-24)47-49(43,44)32-15-14-31(35)48-32/h4-15,18,25,28H,2-3,16-17,19-21H2,1H3,(H3-,36,37,40,41,42)/p+1/t25-,28-,39?/m0/s1. The molecule has 3 heterocycles. The number of aromatic hydroxyl groups is 1. The molecule has 49 heavy (non-hydrogen) atoms. The first kappa shape index (κ1) is 34.4. The number of fused-ring (bicyclic) bond motifs is 1. The van der Waals surface area contributed by atoms with E-state index in [-0.39, 0.29) is 35.0 Å². The summed E-state index contributed by atoms with van der Waals surface area (Å²) in [4.78, 5) is 28.8. The van der Waals surface area contributed by atoms with Crippen LogP contribution in [0.4, 0.5) is 10.5 Å². The molecule has 1 fully saturated rings. The third-order valence-corrected chi connectivity index (χ3v) is 11.6. The minimum absolute atomic E-state index is 0.0342. The number of ether oxygens (including phenoxy) is 2. The van der Waals surface area contributed by atoms with Crippen molar-refractivity contribution in [3.8, 4) is 23.0 Å². The molecule has 258 valence electrons. The van der Waals surface area contributed by atoms with Gasteiger partial charge in [0.25, 0.3) is 0 Å². The number of benzene rings is 3. The van der Waals surface area contributed by atoms with Crippen LogP contribution in [-0.4, -0.2) is 73.9 Å². The predicted octanol–water partition coefficient (Wildman–Crippen LogP) is 5.34. The van der Waals surface area contributed by atoms with Gasteiger partial charge in [0, 0.05) is 17.7 Å². The van der Waals surface area contributed by atoms with Gasteiger partial charge >= 0.3 is 16.1 Å². The largest absolute Gasteiger partial charge is 0.508 e. The third kappa shape index (κ3) is 8.21. The van der Waals surface area contributed by atoms with E-state index in [0.717, 1.165) is 35.4 Å². The number of piperidine rings is 1. The van der Waals surface area contributed by atoms with Gasteiger partial charge in [-0.05, 0) is 85.1 Å². The lowest BCUT2D eigenvalue weighted by atomic mass is 9.96. The summed E-state index contributed by atoms with van der Waals surface area (Å²) >= 11 is 6.77. The van der Waals surface area contributed by atoms with Gasteiger partial charge in [-0.25, -0.2) is 4.79 Å². The van der Waals surface area contributed by atoms with Gasteiger partial charge in [-0.2, -0.15) is 8.42 Å². The monoisotopic (exact) mass is 727 g/mol. The molecule has 0 aliphatic carbocycles. The van der Waals surface area contributed by atoms with Gasteiger partial charge in [0.1, 0.15) is 24.1 Å². The van der Waals surface area contributed by atoms with E-state index in [4.69, 9.17) is 31.0 Å². The fourth-order valence-corrected chi connectivity index (χ4v) is 8.76. The number of hydrogen-bond acceptors (Lipinski definition) is 9. The zero-order valence-corrected chi connectivity index (χ0v) is 29.0. The van der Waals surface area contributed by atoms with E-state index in [9.17, 15) is 23.1 Å². The van der Waals surface area contributed by atoms with Gasteiger partial charge < -0.3 is 39.2 Å². The first-order chi connectivity index (χ1) is 23.4. The normalized spacial score (nSPS) is 19.2. The Morgan fingerprint density at radius 2 is 1.78 bits per heavy atom. The molecule has 6 rings (SSSR count). The molecule has 15 heteroatoms. The predicted molar refractivity (Wildman–Crippen MR) is 184 cm³/mol. The van der Waals surface area contributed by atoms with Crippen LogP contribution < -0.4 is 24.7 Å². The van der Waals surface area contributed by atoms with Crippen molar-refractivity contribution in [3.05, 3.63) is 94.3 Å². The Morgan fingerprint density at radius 1 is 1.06 bits per heavy atom. The Morgan fingerprint density at radius 3 is 2.47 bits per heavy atom. The Hall–Kier alpha value is -4.50. The molecular formula is C34H36ClN4O8S2+. The van der Waals surface area contributed by atoms with Crippen molar-refractivity contribution in [1.82, 2.24) is 4.90 Å². The number of phenolic OH excluding ortho intramolecular Hbond substituents is 1. The Kier molecular flexibility index (Phi) is 9.93. The van der Waals surface area contributed by atoms with Crippen LogP contribution >= 0.6 is 22.9 Å². The highest BCUT2D eigenvalue weighted by atomic mass is 35.5. The number of halogens is 1. The number of urea groups is 1. The number of carbonyl (C=O) groups is 2. The van der Waals surface area contributed by atoms with Crippen LogP contribution in [0.5, 0.6) is 23.0 Å². The number of carbonyl (C=O) groups excluding carboxylic acids is 2. The fourth-order valence-electron chi connectivity index (χ4n) is 6.39. The summed E-state index contributed by atoms with van der Waals surface area (Å²) in [6.45, 7) is 2.27. The lowest BCUT2D eigenvalue weighted by Crippen LogP contribution is -2.62. The second-order valence-electron chi connectivity index (χ2n) is 12.4. The van der Waals surface area contributed by atoms with E-state index in [1.54, 1.807) is 17.0 Å². The van der Waals surface area contributed by atoms with Crippen molar-refractivity contribution in [2.75, 3.05) is 32.2 Å². The maximum absolute atomic E-state index is 14.2. The number of primary amides is 1. The summed E-state index contributed by atoms with van der Waals surface area (Å²) in [6, 6.07) is 19.1. The highest BCUT2D eigenvalue weighted by molar-refractivity contribution is 7.89. The number of hydrogen-bond donors (Lipinski definition) is 3. The van der Waals surface area contributed by atoms with Crippen molar-refractivity contribution >= 4 is 50.7 Å². The zero-order valence-electron chi connectivity index (χ0n) is 26.6. The average Bonchev–Trinajstić information content (AvgIpc) is 3.71. The molecule has 0 spiro atoms. The SMILES string of the molecule is C[N+]1(Cc2ccc3c(c2)OCO3)CCC[C@H](N(C(=O)Nc2ccc(OS(=O)(=O)c3ccc(Cl)s3)cc2)[C@@H](Cc2ccc(O)cc2)C(N)=O)C1. The maximum atomic E-state index is 14.2. The van der Waals surface area contributed by atoms with Gasteiger partial charge in [-0.15, -0.1) is 11.3 Å². The lowest BCUT2D eigenvalue weighted by molar-refractivity contribution is -0.928. The summed E-state index contributed by atoms with van der Waals surface area (Å²) in [5.41, 5.74) is 8.15. The molecule has 1 aromatic heterocycles. The molecule has 12 nitrogen and oxygen atoms in total. The topological polar surface area (TPSA) is 157 Å². The van der Waals surface area contributed by atoms with Crippen molar-refractivity contribution < 1.29 is 41.3 Å². The van der Waals surface area contributed by atoms with Crippen LogP contribution in [0, 0.1) is 0 Å². The van der Waals surface area contributed by atoms with Gasteiger partial charge in [0.2, 0.25) is 12.7 Å². The van der Waals surface area contributed by atoms with Crippen LogP contribution in [0.3, 0.4) is 0 Å². The second-order valence-corrected chi connectivity index (χ2v) is 15.9. The summed E-state index contributed by atoms with van der Waals surface area (Å²) in [5, 5.41) is 12.7. The summed E-state index contributed by atoms with van der Waals surface area (Å²) in [6.07, 6.45) is 1.60. The number of likely N-dealkylation sites (N-methyl/N-ethyl adjacent to an activating group) is 1. The Bertz CT molecular complexity index is 1940. The second kappa shape index (κ2) is 14.2. The molecule has 4 aromatic rings. The first-order valence-corrected chi connectivity index (χ1v) is 18.2. The fraction of sp³-hybridized carbons (Fsp3) is 0.294. The number of amides is 3. The smallest absolute Gasteiger partial charge is 0.348 e. The number of thiophene rings is 1. The number of nitrogens with two attached hydrogens (primary N) is 1. The molecule has 3 amide bonds. The molecule has 0 radical (unpaired) electrons. The van der Waals surface area contributed by atoms with Gasteiger partial charge in [0.05, 0.1) is 30.5 Å². The quantitative estimate of drug-likeness (QED) is 0.138. The van der Waals surface area contributed by atoms with Crippen LogP contribution in [0.25, 0.3) is 0 Å². The molecule has 3 aromatic carbocycles. The van der Waals surface area contributed by atoms with Gasteiger partial charge in [-0.3, -0.25) is 4.79 Å².